The van der Waals surface area contributed by atoms with E-state index in [-0.39, 0.29) is 5.91 Å². The largest absolute Gasteiger partial charge is 0.336 e. The van der Waals surface area contributed by atoms with E-state index in [1.807, 2.05) is 36.4 Å². The van der Waals surface area contributed by atoms with Gasteiger partial charge in [0, 0.05) is 12.0 Å². The molecule has 0 bridgehead atoms. The first-order valence-corrected chi connectivity index (χ1v) is 6.09. The van der Waals surface area contributed by atoms with Gasteiger partial charge in [-0.15, -0.1) is 0 Å². The summed E-state index contributed by atoms with van der Waals surface area (Å²) in [5, 5.41) is 11.8. The summed E-state index contributed by atoms with van der Waals surface area (Å²) in [5.74, 6) is -0.219. The Bertz CT molecular complexity index is 573. The zero-order valence-electron chi connectivity index (χ0n) is 10.4. The van der Waals surface area contributed by atoms with Crippen molar-refractivity contribution in [1.29, 1.82) is 5.26 Å². The molecule has 2 aromatic rings. The van der Waals surface area contributed by atoms with Crippen LogP contribution in [0.25, 0.3) is 0 Å². The Morgan fingerprint density at radius 1 is 1.05 bits per heavy atom. The van der Waals surface area contributed by atoms with E-state index in [2.05, 4.69) is 11.4 Å². The number of nitrogens with one attached hydrogen (secondary N) is 1. The van der Waals surface area contributed by atoms with Crippen molar-refractivity contribution in [2.24, 2.45) is 0 Å². The molecule has 0 aromatic heterocycles. The molecule has 19 heavy (non-hydrogen) atoms. The second-order valence-electron chi connectivity index (χ2n) is 4.21. The van der Waals surface area contributed by atoms with Gasteiger partial charge in [-0.1, -0.05) is 48.5 Å². The number of carbonyl (C=O) groups excluding carboxylic acids is 1. The highest BCUT2D eigenvalue weighted by Crippen LogP contribution is 2.04. The summed E-state index contributed by atoms with van der Waals surface area (Å²) in [6, 6.07) is 20.2. The number of nitriles is 1. The van der Waals surface area contributed by atoms with Crippen LogP contribution in [0.2, 0.25) is 0 Å². The zero-order chi connectivity index (χ0) is 13.5. The van der Waals surface area contributed by atoms with Gasteiger partial charge in [0.05, 0.1) is 6.07 Å². The normalized spacial score (nSPS) is 11.3. The maximum atomic E-state index is 11.9. The summed E-state index contributed by atoms with van der Waals surface area (Å²) in [4.78, 5) is 11.9. The zero-order valence-corrected chi connectivity index (χ0v) is 10.4. The van der Waals surface area contributed by atoms with E-state index in [9.17, 15) is 4.79 Å². The van der Waals surface area contributed by atoms with E-state index >= 15 is 0 Å². The van der Waals surface area contributed by atoms with Gasteiger partial charge in [-0.25, -0.2) is 0 Å². The topological polar surface area (TPSA) is 52.9 Å². The molecule has 3 nitrogen and oxygen atoms in total. The summed E-state index contributed by atoms with van der Waals surface area (Å²) in [7, 11) is 0. The van der Waals surface area contributed by atoms with Crippen molar-refractivity contribution in [2.75, 3.05) is 0 Å². The van der Waals surface area contributed by atoms with Crippen molar-refractivity contribution in [2.45, 2.75) is 12.5 Å². The molecule has 0 aliphatic rings. The fraction of sp³-hybridized carbons (Fsp3) is 0.125. The first-order chi connectivity index (χ1) is 9.29. The Hall–Kier alpha value is -2.60. The summed E-state index contributed by atoms with van der Waals surface area (Å²) < 4.78 is 0. The quantitative estimate of drug-likeness (QED) is 0.906. The molecule has 0 spiro atoms. The molecule has 1 N–H and O–H groups in total. The first-order valence-electron chi connectivity index (χ1n) is 6.09. The van der Waals surface area contributed by atoms with Crippen LogP contribution in [-0.2, 0) is 6.42 Å². The molecular formula is C16H14N2O. The van der Waals surface area contributed by atoms with Gasteiger partial charge in [-0.3, -0.25) is 4.79 Å². The van der Waals surface area contributed by atoms with Crippen LogP contribution in [0.3, 0.4) is 0 Å². The van der Waals surface area contributed by atoms with Crippen molar-refractivity contribution in [3.63, 3.8) is 0 Å². The third kappa shape index (κ3) is 3.68. The van der Waals surface area contributed by atoms with Gasteiger partial charge in [0.2, 0.25) is 0 Å². The molecule has 0 saturated carbocycles. The molecule has 0 heterocycles. The fourth-order valence-electron chi connectivity index (χ4n) is 1.81. The average Bonchev–Trinajstić information content (AvgIpc) is 2.48. The number of carbonyl (C=O) groups is 1. The van der Waals surface area contributed by atoms with E-state index in [0.29, 0.717) is 12.0 Å². The highest BCUT2D eigenvalue weighted by atomic mass is 16.1. The molecular weight excluding hydrogens is 236 g/mol. The van der Waals surface area contributed by atoms with Gasteiger partial charge in [0.25, 0.3) is 5.91 Å². The van der Waals surface area contributed by atoms with Gasteiger partial charge < -0.3 is 5.32 Å². The minimum absolute atomic E-state index is 0.219. The predicted octanol–water partition coefficient (Wildman–Crippen LogP) is 2.55. The molecule has 0 aliphatic heterocycles. The number of nitrogens with zero attached hydrogens (tertiary/aromatic N) is 1. The van der Waals surface area contributed by atoms with Crippen LogP contribution in [-0.4, -0.2) is 11.9 Å². The maximum absolute atomic E-state index is 11.9. The molecule has 1 amide bonds. The number of rotatable bonds is 4. The number of hydrogen-bond acceptors (Lipinski definition) is 2. The third-order valence-electron chi connectivity index (χ3n) is 2.78. The van der Waals surface area contributed by atoms with Crippen molar-refractivity contribution in [1.82, 2.24) is 5.32 Å². The average molecular weight is 250 g/mol. The highest BCUT2D eigenvalue weighted by molar-refractivity contribution is 5.94. The smallest absolute Gasteiger partial charge is 0.252 e. The van der Waals surface area contributed by atoms with Gasteiger partial charge in [0.15, 0.2) is 0 Å². The van der Waals surface area contributed by atoms with Gasteiger partial charge in [-0.2, -0.15) is 5.26 Å². The molecule has 0 saturated heterocycles. The number of benzene rings is 2. The summed E-state index contributed by atoms with van der Waals surface area (Å²) in [6.07, 6.45) is 0.510. The van der Waals surface area contributed by atoms with E-state index in [1.165, 1.54) is 0 Å². The Morgan fingerprint density at radius 2 is 1.63 bits per heavy atom. The molecule has 94 valence electrons. The molecule has 2 rings (SSSR count). The van der Waals surface area contributed by atoms with Gasteiger partial charge in [0.1, 0.15) is 6.04 Å². The summed E-state index contributed by atoms with van der Waals surface area (Å²) in [5.41, 5.74) is 1.60. The molecule has 0 radical (unpaired) electrons. The summed E-state index contributed by atoms with van der Waals surface area (Å²) in [6.45, 7) is 0. The van der Waals surface area contributed by atoms with E-state index < -0.39 is 6.04 Å². The number of amides is 1. The van der Waals surface area contributed by atoms with Crippen LogP contribution in [0, 0.1) is 11.3 Å². The van der Waals surface area contributed by atoms with E-state index in [0.717, 1.165) is 5.56 Å². The van der Waals surface area contributed by atoms with E-state index in [1.54, 1.807) is 24.3 Å². The van der Waals surface area contributed by atoms with E-state index in [4.69, 9.17) is 5.26 Å². The first kappa shape index (κ1) is 12.8. The molecule has 3 heteroatoms. The third-order valence-corrected chi connectivity index (χ3v) is 2.78. The Balaban J connectivity index is 2.01. The number of hydrogen-bond donors (Lipinski definition) is 1. The lowest BCUT2D eigenvalue weighted by molar-refractivity contribution is 0.0945. The molecule has 0 fully saturated rings. The minimum atomic E-state index is -0.518. The Kier molecular flexibility index (Phi) is 4.30. The fourth-order valence-corrected chi connectivity index (χ4v) is 1.81. The van der Waals surface area contributed by atoms with Gasteiger partial charge >= 0.3 is 0 Å². The van der Waals surface area contributed by atoms with Crippen molar-refractivity contribution < 1.29 is 4.79 Å². The molecule has 2 aromatic carbocycles. The van der Waals surface area contributed by atoms with Crippen LogP contribution < -0.4 is 5.32 Å². The minimum Gasteiger partial charge on any atom is -0.336 e. The lowest BCUT2D eigenvalue weighted by Gasteiger charge is -2.11. The lowest BCUT2D eigenvalue weighted by atomic mass is 10.1. The van der Waals surface area contributed by atoms with Crippen molar-refractivity contribution in [3.8, 4) is 6.07 Å². The second-order valence-corrected chi connectivity index (χ2v) is 4.21. The molecule has 1 unspecified atom stereocenters. The van der Waals surface area contributed by atoms with Crippen molar-refractivity contribution in [3.05, 3.63) is 71.8 Å². The lowest BCUT2D eigenvalue weighted by Crippen LogP contribution is -2.35. The van der Waals surface area contributed by atoms with Crippen LogP contribution in [0.5, 0.6) is 0 Å². The SMILES string of the molecule is N#CC(Cc1ccccc1)NC(=O)c1ccccc1. The van der Waals surface area contributed by atoms with Crippen molar-refractivity contribution >= 4 is 5.91 Å². The molecule has 1 atom stereocenters. The predicted molar refractivity (Wildman–Crippen MR) is 73.5 cm³/mol. The van der Waals surface area contributed by atoms with Crippen LogP contribution >= 0.6 is 0 Å². The standard InChI is InChI=1S/C16H14N2O/c17-12-15(11-13-7-3-1-4-8-13)18-16(19)14-9-5-2-6-10-14/h1-10,15H,11H2,(H,18,19). The van der Waals surface area contributed by atoms with Crippen LogP contribution in [0.1, 0.15) is 15.9 Å². The Labute approximate surface area is 112 Å². The highest BCUT2D eigenvalue weighted by Gasteiger charge is 2.13. The van der Waals surface area contributed by atoms with Crippen LogP contribution in [0.15, 0.2) is 60.7 Å². The van der Waals surface area contributed by atoms with Crippen LogP contribution in [0.4, 0.5) is 0 Å². The Morgan fingerprint density at radius 3 is 2.21 bits per heavy atom. The van der Waals surface area contributed by atoms with Gasteiger partial charge in [-0.05, 0) is 17.7 Å². The summed E-state index contributed by atoms with van der Waals surface area (Å²) >= 11 is 0. The second kappa shape index (κ2) is 6.36. The molecule has 0 aliphatic carbocycles. The monoisotopic (exact) mass is 250 g/mol. The maximum Gasteiger partial charge on any atom is 0.252 e.